The molecular weight excluding hydrogens is 152 g/mol. The molecule has 2 rings (SSSR count). The summed E-state index contributed by atoms with van der Waals surface area (Å²) in [5.41, 5.74) is 7.46. The van der Waals surface area contributed by atoms with Gasteiger partial charge in [0.05, 0.1) is 0 Å². The van der Waals surface area contributed by atoms with Gasteiger partial charge in [-0.2, -0.15) is 0 Å². The molecule has 2 aromatic heterocycles. The van der Waals surface area contributed by atoms with Crippen LogP contribution in [0.15, 0.2) is 18.5 Å². The van der Waals surface area contributed by atoms with E-state index in [1.165, 1.54) is 0 Å². The van der Waals surface area contributed by atoms with Crippen molar-refractivity contribution in [1.29, 1.82) is 0 Å². The van der Waals surface area contributed by atoms with Crippen LogP contribution in [0.4, 0.5) is 5.82 Å². The summed E-state index contributed by atoms with van der Waals surface area (Å²) in [6.45, 7) is 2.08. The lowest BCUT2D eigenvalue weighted by Crippen LogP contribution is -1.93. The first-order valence-electron chi connectivity index (χ1n) is 3.89. The van der Waals surface area contributed by atoms with Gasteiger partial charge in [0.15, 0.2) is 5.65 Å². The Bertz CT molecular complexity index is 404. The van der Waals surface area contributed by atoms with Crippen LogP contribution in [-0.4, -0.2) is 14.6 Å². The van der Waals surface area contributed by atoms with Crippen LogP contribution in [0, 0.1) is 0 Å². The van der Waals surface area contributed by atoms with Gasteiger partial charge in [-0.15, -0.1) is 5.10 Å². The predicted octanol–water partition coefficient (Wildman–Crippen LogP) is 0.874. The fraction of sp³-hybridized carbons (Fsp3) is 0.250. The molecule has 0 aliphatic rings. The summed E-state index contributed by atoms with van der Waals surface area (Å²) in [6.07, 6.45) is 4.75. The van der Waals surface area contributed by atoms with Crippen LogP contribution in [-0.2, 0) is 6.42 Å². The molecule has 2 heterocycles. The fourth-order valence-corrected chi connectivity index (χ4v) is 1.12. The number of aromatic nitrogens is 3. The summed E-state index contributed by atoms with van der Waals surface area (Å²) in [7, 11) is 0. The zero-order chi connectivity index (χ0) is 8.55. The van der Waals surface area contributed by atoms with Gasteiger partial charge in [-0.25, -0.2) is 9.50 Å². The van der Waals surface area contributed by atoms with Crippen molar-refractivity contribution in [2.24, 2.45) is 0 Å². The highest BCUT2D eigenvalue weighted by Gasteiger charge is 1.98. The van der Waals surface area contributed by atoms with Crippen LogP contribution in [0.1, 0.15) is 12.5 Å². The molecule has 0 aliphatic carbocycles. The lowest BCUT2D eigenvalue weighted by molar-refractivity contribution is 0.915. The highest BCUT2D eigenvalue weighted by atomic mass is 15.3. The molecule has 0 spiro atoms. The molecule has 2 N–H and O–H groups in total. The standard InChI is InChI=1S/C8H10N4/c1-2-6-4-10-8-3-7(9)11-12(8)5-6/h3-5H,2H2,1H3,(H2,9,11). The highest BCUT2D eigenvalue weighted by molar-refractivity contribution is 5.47. The molecule has 0 aromatic carbocycles. The third kappa shape index (κ3) is 1.01. The van der Waals surface area contributed by atoms with Crippen LogP contribution < -0.4 is 5.73 Å². The van der Waals surface area contributed by atoms with Crippen molar-refractivity contribution in [2.45, 2.75) is 13.3 Å². The number of aryl methyl sites for hydroxylation is 1. The van der Waals surface area contributed by atoms with E-state index in [2.05, 4.69) is 17.0 Å². The minimum atomic E-state index is 0.510. The van der Waals surface area contributed by atoms with Crippen LogP contribution in [0.2, 0.25) is 0 Å². The lowest BCUT2D eigenvalue weighted by atomic mass is 10.3. The van der Waals surface area contributed by atoms with Gasteiger partial charge in [0.1, 0.15) is 5.82 Å². The number of anilines is 1. The maximum absolute atomic E-state index is 5.51. The first-order chi connectivity index (χ1) is 5.79. The minimum Gasteiger partial charge on any atom is -0.382 e. The number of hydrogen-bond donors (Lipinski definition) is 1. The molecule has 0 bridgehead atoms. The third-order valence-electron chi connectivity index (χ3n) is 1.79. The zero-order valence-electron chi connectivity index (χ0n) is 6.86. The highest BCUT2D eigenvalue weighted by Crippen LogP contribution is 2.06. The van der Waals surface area contributed by atoms with Crippen molar-refractivity contribution in [3.63, 3.8) is 0 Å². The van der Waals surface area contributed by atoms with Gasteiger partial charge in [0, 0.05) is 18.5 Å². The molecule has 0 saturated carbocycles. The molecule has 2 aromatic rings. The fourth-order valence-electron chi connectivity index (χ4n) is 1.12. The van der Waals surface area contributed by atoms with Crippen LogP contribution >= 0.6 is 0 Å². The number of hydrogen-bond acceptors (Lipinski definition) is 3. The Morgan fingerprint density at radius 1 is 1.58 bits per heavy atom. The van der Waals surface area contributed by atoms with E-state index in [0.29, 0.717) is 5.82 Å². The van der Waals surface area contributed by atoms with E-state index >= 15 is 0 Å². The first kappa shape index (κ1) is 7.09. The van der Waals surface area contributed by atoms with Crippen LogP contribution in [0.5, 0.6) is 0 Å². The molecule has 0 amide bonds. The summed E-state index contributed by atoms with van der Waals surface area (Å²) >= 11 is 0. The SMILES string of the molecule is CCc1cnc2cc(N)nn2c1. The summed E-state index contributed by atoms with van der Waals surface area (Å²) in [5.74, 6) is 0.510. The van der Waals surface area contributed by atoms with Crippen LogP contribution in [0.3, 0.4) is 0 Å². The van der Waals surface area contributed by atoms with E-state index in [9.17, 15) is 0 Å². The van der Waals surface area contributed by atoms with Gasteiger partial charge in [0.2, 0.25) is 0 Å². The van der Waals surface area contributed by atoms with Crippen molar-refractivity contribution in [1.82, 2.24) is 14.6 Å². The average molecular weight is 162 g/mol. The van der Waals surface area contributed by atoms with Gasteiger partial charge < -0.3 is 5.73 Å². The molecule has 0 aliphatic heterocycles. The number of nitrogen functional groups attached to an aromatic ring is 1. The van der Waals surface area contributed by atoms with Crippen molar-refractivity contribution in [2.75, 3.05) is 5.73 Å². The Morgan fingerprint density at radius 2 is 2.42 bits per heavy atom. The van der Waals surface area contributed by atoms with Crippen LogP contribution in [0.25, 0.3) is 5.65 Å². The Labute approximate surface area is 70.0 Å². The molecule has 0 radical (unpaired) electrons. The van der Waals surface area contributed by atoms with Gasteiger partial charge in [-0.3, -0.25) is 0 Å². The molecule has 4 nitrogen and oxygen atoms in total. The zero-order valence-corrected chi connectivity index (χ0v) is 6.86. The summed E-state index contributed by atoms with van der Waals surface area (Å²) in [5, 5.41) is 4.05. The second-order valence-corrected chi connectivity index (χ2v) is 2.69. The molecule has 12 heavy (non-hydrogen) atoms. The second-order valence-electron chi connectivity index (χ2n) is 2.69. The van der Waals surface area contributed by atoms with Gasteiger partial charge in [-0.05, 0) is 12.0 Å². The summed E-state index contributed by atoms with van der Waals surface area (Å²) < 4.78 is 1.70. The van der Waals surface area contributed by atoms with E-state index in [1.54, 1.807) is 10.6 Å². The molecular formula is C8H10N4. The Kier molecular flexibility index (Phi) is 1.46. The average Bonchev–Trinajstić information content (AvgIpc) is 2.43. The molecule has 0 atom stereocenters. The molecule has 0 unspecified atom stereocenters. The third-order valence-corrected chi connectivity index (χ3v) is 1.79. The van der Waals surface area contributed by atoms with E-state index in [-0.39, 0.29) is 0 Å². The van der Waals surface area contributed by atoms with Gasteiger partial charge in [0.25, 0.3) is 0 Å². The predicted molar refractivity (Wildman–Crippen MR) is 46.8 cm³/mol. The smallest absolute Gasteiger partial charge is 0.157 e. The molecule has 0 fully saturated rings. The second kappa shape index (κ2) is 2.48. The van der Waals surface area contributed by atoms with Crippen molar-refractivity contribution in [3.8, 4) is 0 Å². The van der Waals surface area contributed by atoms with Crippen molar-refractivity contribution >= 4 is 11.5 Å². The normalized spacial score (nSPS) is 10.8. The number of nitrogens with two attached hydrogens (primary N) is 1. The number of nitrogens with zero attached hydrogens (tertiary/aromatic N) is 3. The van der Waals surface area contributed by atoms with E-state index in [4.69, 9.17) is 5.73 Å². The maximum Gasteiger partial charge on any atom is 0.157 e. The van der Waals surface area contributed by atoms with E-state index in [0.717, 1.165) is 17.6 Å². The quantitative estimate of drug-likeness (QED) is 0.677. The Morgan fingerprint density at radius 3 is 3.17 bits per heavy atom. The number of rotatable bonds is 1. The maximum atomic E-state index is 5.51. The summed E-state index contributed by atoms with van der Waals surface area (Å²) in [4.78, 5) is 4.19. The topological polar surface area (TPSA) is 56.2 Å². The van der Waals surface area contributed by atoms with E-state index in [1.807, 2.05) is 12.4 Å². The van der Waals surface area contributed by atoms with Gasteiger partial charge >= 0.3 is 0 Å². The largest absolute Gasteiger partial charge is 0.382 e. The van der Waals surface area contributed by atoms with Gasteiger partial charge in [-0.1, -0.05) is 6.92 Å². The molecule has 4 heteroatoms. The Balaban J connectivity index is 2.66. The van der Waals surface area contributed by atoms with E-state index < -0.39 is 0 Å². The summed E-state index contributed by atoms with van der Waals surface area (Å²) in [6, 6.07) is 1.75. The monoisotopic (exact) mass is 162 g/mol. The molecule has 62 valence electrons. The lowest BCUT2D eigenvalue weighted by Gasteiger charge is -1.95. The first-order valence-corrected chi connectivity index (χ1v) is 3.89. The minimum absolute atomic E-state index is 0.510. The molecule has 0 saturated heterocycles. The van der Waals surface area contributed by atoms with Crippen molar-refractivity contribution < 1.29 is 0 Å². The Hall–Kier alpha value is -1.58. The number of fused-ring (bicyclic) bond motifs is 1. The van der Waals surface area contributed by atoms with Crippen molar-refractivity contribution in [3.05, 3.63) is 24.0 Å².